The summed E-state index contributed by atoms with van der Waals surface area (Å²) in [6.07, 6.45) is 65.2. The summed E-state index contributed by atoms with van der Waals surface area (Å²) >= 11 is 0. The molecular formula is C81H158O17P2. The molecule has 0 aromatic carbocycles. The minimum Gasteiger partial charge on any atom is -0.462 e. The minimum atomic E-state index is -4.96. The fraction of sp³-hybridized carbons (Fsp3) is 0.951. The molecule has 0 saturated heterocycles. The average Bonchev–Trinajstić information content (AvgIpc) is 0.937. The number of esters is 4. The first kappa shape index (κ1) is 98.1. The highest BCUT2D eigenvalue weighted by molar-refractivity contribution is 7.47. The van der Waals surface area contributed by atoms with Crippen LogP contribution in [-0.2, 0) is 65.4 Å². The van der Waals surface area contributed by atoms with Gasteiger partial charge in [0.2, 0.25) is 0 Å². The van der Waals surface area contributed by atoms with Crippen LogP contribution in [-0.4, -0.2) is 96.7 Å². The SMILES string of the molecule is CCCCCCCCCCCCCCCCCCCCCCCCC(=O)O[C@H](COC(=O)CCCCCCCCCCCCCCCC(C)C)COP(=O)(O)OC[C@@H](O)COP(=O)(O)OC[C@@H](COC(=O)CCCCCCCCCCCCC)OC(=O)CCCCCCCCCCCCC. The molecule has 2 unspecified atom stereocenters. The van der Waals surface area contributed by atoms with Gasteiger partial charge in [-0.15, -0.1) is 0 Å². The summed E-state index contributed by atoms with van der Waals surface area (Å²) in [4.78, 5) is 73.0. The highest BCUT2D eigenvalue weighted by Gasteiger charge is 2.30. The monoisotopic (exact) mass is 1470 g/mol. The molecule has 0 rings (SSSR count). The molecule has 5 atom stereocenters. The zero-order valence-electron chi connectivity index (χ0n) is 65.3. The van der Waals surface area contributed by atoms with Gasteiger partial charge in [-0.2, -0.15) is 0 Å². The molecule has 0 heterocycles. The molecule has 0 aliphatic rings. The van der Waals surface area contributed by atoms with E-state index < -0.39 is 97.5 Å². The predicted octanol–water partition coefficient (Wildman–Crippen LogP) is 24.4. The van der Waals surface area contributed by atoms with Gasteiger partial charge in [-0.3, -0.25) is 37.3 Å². The molecule has 0 aromatic rings. The van der Waals surface area contributed by atoms with Gasteiger partial charge in [0, 0.05) is 25.7 Å². The molecule has 0 aromatic heterocycles. The molecule has 0 radical (unpaired) electrons. The lowest BCUT2D eigenvalue weighted by Gasteiger charge is -2.21. The Morgan fingerprint density at radius 1 is 0.270 bits per heavy atom. The van der Waals surface area contributed by atoms with Gasteiger partial charge in [0.1, 0.15) is 19.3 Å². The number of rotatable bonds is 81. The largest absolute Gasteiger partial charge is 0.472 e. The number of hydrogen-bond acceptors (Lipinski definition) is 15. The van der Waals surface area contributed by atoms with Crippen molar-refractivity contribution in [3.8, 4) is 0 Å². The van der Waals surface area contributed by atoms with E-state index in [4.69, 9.17) is 37.0 Å². The number of phosphoric acid groups is 2. The zero-order chi connectivity index (χ0) is 73.4. The second-order valence-corrected chi connectivity index (χ2v) is 32.5. The number of phosphoric ester groups is 2. The molecule has 0 aliphatic carbocycles. The summed E-state index contributed by atoms with van der Waals surface area (Å²) < 4.78 is 68.7. The van der Waals surface area contributed by atoms with Gasteiger partial charge in [-0.1, -0.05) is 381 Å². The van der Waals surface area contributed by atoms with Crippen molar-refractivity contribution in [1.29, 1.82) is 0 Å². The molecule has 0 saturated carbocycles. The summed E-state index contributed by atoms with van der Waals surface area (Å²) in [5, 5.41) is 10.6. The molecule has 594 valence electrons. The number of carbonyl (C=O) groups is 4. The minimum absolute atomic E-state index is 0.108. The number of aliphatic hydroxyl groups is 1. The standard InChI is InChI=1S/C81H158O17P2/c1-6-9-12-15-18-21-24-25-26-27-28-29-30-31-32-33-36-42-47-52-57-62-67-81(86)98-77(71-92-79(84)65-60-55-50-45-41-37-34-35-40-43-48-53-58-63-74(4)5)73-96-100(89,90)94-69-75(82)68-93-99(87,88)95-72-76(97-80(85)66-61-56-51-46-39-23-20-17-14-11-8-3)70-91-78(83)64-59-54-49-44-38-22-19-16-13-10-7-2/h74-77,82H,6-73H2,1-5H3,(H,87,88)(H,89,90)/t75-,76+,77+/m0/s1. The molecule has 3 N–H and O–H groups in total. The third-order valence-electron chi connectivity index (χ3n) is 19.0. The normalized spacial score (nSPS) is 13.8. The van der Waals surface area contributed by atoms with Gasteiger partial charge in [0.15, 0.2) is 12.2 Å². The lowest BCUT2D eigenvalue weighted by Crippen LogP contribution is -2.30. The molecule has 17 nitrogen and oxygen atoms in total. The van der Waals surface area contributed by atoms with Crippen LogP contribution in [0.2, 0.25) is 0 Å². The Kier molecular flexibility index (Phi) is 72.5. The smallest absolute Gasteiger partial charge is 0.462 e. The number of aliphatic hydroxyl groups excluding tert-OH is 1. The van der Waals surface area contributed by atoms with Gasteiger partial charge in [0.05, 0.1) is 26.4 Å². The average molecular weight is 1470 g/mol. The first-order valence-electron chi connectivity index (χ1n) is 42.1. The van der Waals surface area contributed by atoms with E-state index in [0.29, 0.717) is 25.7 Å². The Morgan fingerprint density at radius 2 is 0.460 bits per heavy atom. The van der Waals surface area contributed by atoms with Crippen molar-refractivity contribution in [1.82, 2.24) is 0 Å². The Balaban J connectivity index is 5.20. The van der Waals surface area contributed by atoms with Crippen molar-refractivity contribution >= 4 is 39.5 Å². The predicted molar refractivity (Wildman–Crippen MR) is 409 cm³/mol. The van der Waals surface area contributed by atoms with E-state index in [1.165, 1.54) is 257 Å². The Labute approximate surface area is 613 Å². The number of hydrogen-bond donors (Lipinski definition) is 3. The van der Waals surface area contributed by atoms with E-state index in [1.54, 1.807) is 0 Å². The molecule has 0 fully saturated rings. The van der Waals surface area contributed by atoms with Crippen molar-refractivity contribution in [3.63, 3.8) is 0 Å². The van der Waals surface area contributed by atoms with E-state index in [9.17, 15) is 43.2 Å². The van der Waals surface area contributed by atoms with Gasteiger partial charge in [-0.05, 0) is 31.6 Å². The topological polar surface area (TPSA) is 237 Å². The maximum Gasteiger partial charge on any atom is 0.472 e. The Bertz CT molecular complexity index is 1910. The van der Waals surface area contributed by atoms with Crippen molar-refractivity contribution < 1.29 is 80.2 Å². The quantitative estimate of drug-likeness (QED) is 0.0222. The van der Waals surface area contributed by atoms with Gasteiger partial charge < -0.3 is 33.8 Å². The highest BCUT2D eigenvalue weighted by atomic mass is 31.2. The van der Waals surface area contributed by atoms with E-state index >= 15 is 0 Å². The van der Waals surface area contributed by atoms with Gasteiger partial charge in [0.25, 0.3) is 0 Å². The van der Waals surface area contributed by atoms with E-state index in [0.717, 1.165) is 95.8 Å². The first-order chi connectivity index (χ1) is 48.5. The molecule has 0 bridgehead atoms. The summed E-state index contributed by atoms with van der Waals surface area (Å²) in [7, 11) is -9.91. The maximum absolute atomic E-state index is 13.1. The van der Waals surface area contributed by atoms with E-state index in [-0.39, 0.29) is 25.7 Å². The van der Waals surface area contributed by atoms with Crippen LogP contribution >= 0.6 is 15.6 Å². The number of unbranched alkanes of at least 4 members (excludes halogenated alkanes) is 53. The van der Waals surface area contributed by atoms with E-state index in [2.05, 4.69) is 34.6 Å². The van der Waals surface area contributed by atoms with Crippen molar-refractivity contribution in [2.45, 2.75) is 451 Å². The molecule has 0 aliphatic heterocycles. The van der Waals surface area contributed by atoms with E-state index in [1.807, 2.05) is 0 Å². The third kappa shape index (κ3) is 74.3. The van der Waals surface area contributed by atoms with Crippen LogP contribution in [0.5, 0.6) is 0 Å². The lowest BCUT2D eigenvalue weighted by molar-refractivity contribution is -0.161. The van der Waals surface area contributed by atoms with Crippen LogP contribution in [0.25, 0.3) is 0 Å². The summed E-state index contributed by atoms with van der Waals surface area (Å²) in [6, 6.07) is 0. The van der Waals surface area contributed by atoms with Crippen molar-refractivity contribution in [3.05, 3.63) is 0 Å². The third-order valence-corrected chi connectivity index (χ3v) is 20.9. The number of carbonyl (C=O) groups excluding carboxylic acids is 4. The molecule has 19 heteroatoms. The number of ether oxygens (including phenoxy) is 4. The van der Waals surface area contributed by atoms with Crippen LogP contribution in [0, 0.1) is 5.92 Å². The fourth-order valence-corrected chi connectivity index (χ4v) is 14.2. The second kappa shape index (κ2) is 73.9. The zero-order valence-corrected chi connectivity index (χ0v) is 67.1. The van der Waals surface area contributed by atoms with Crippen LogP contribution in [0.3, 0.4) is 0 Å². The molecule has 0 spiro atoms. The first-order valence-corrected chi connectivity index (χ1v) is 45.1. The van der Waals surface area contributed by atoms with Crippen molar-refractivity contribution in [2.75, 3.05) is 39.6 Å². The van der Waals surface area contributed by atoms with Gasteiger partial charge >= 0.3 is 39.5 Å². The van der Waals surface area contributed by atoms with Crippen LogP contribution in [0.15, 0.2) is 0 Å². The Hall–Kier alpha value is -1.94. The maximum atomic E-state index is 13.1. The molecule has 0 amide bonds. The second-order valence-electron chi connectivity index (χ2n) is 29.6. The van der Waals surface area contributed by atoms with Crippen LogP contribution in [0.4, 0.5) is 0 Å². The highest BCUT2D eigenvalue weighted by Crippen LogP contribution is 2.45. The fourth-order valence-electron chi connectivity index (χ4n) is 12.6. The van der Waals surface area contributed by atoms with Crippen molar-refractivity contribution in [2.24, 2.45) is 5.92 Å². The lowest BCUT2D eigenvalue weighted by atomic mass is 10.0. The molecule has 100 heavy (non-hydrogen) atoms. The Morgan fingerprint density at radius 3 is 0.680 bits per heavy atom. The molecular weight excluding hydrogens is 1310 g/mol. The van der Waals surface area contributed by atoms with Crippen LogP contribution < -0.4 is 0 Å². The summed E-state index contributed by atoms with van der Waals surface area (Å²) in [6.45, 7) is 7.34. The van der Waals surface area contributed by atoms with Gasteiger partial charge in [-0.25, -0.2) is 9.13 Å². The van der Waals surface area contributed by atoms with Crippen LogP contribution in [0.1, 0.15) is 433 Å². The summed E-state index contributed by atoms with van der Waals surface area (Å²) in [5.74, 6) is -1.32. The summed E-state index contributed by atoms with van der Waals surface area (Å²) in [5.41, 5.74) is 0.